The van der Waals surface area contributed by atoms with Crippen LogP contribution in [0.2, 0.25) is 5.02 Å². The number of benzene rings is 1. The van der Waals surface area contributed by atoms with Crippen LogP contribution in [0.4, 0.5) is 11.4 Å². The molecule has 0 radical (unpaired) electrons. The molecule has 0 fully saturated rings. The smallest absolute Gasteiger partial charge is 0.296 e. The zero-order valence-corrected chi connectivity index (χ0v) is 10.6. The summed E-state index contributed by atoms with van der Waals surface area (Å²) in [5.74, 6) is 0. The highest BCUT2D eigenvalue weighted by atomic mass is 35.5. The molecule has 1 aromatic rings. The lowest BCUT2D eigenvalue weighted by molar-refractivity contribution is -0.384. The number of halogens is 1. The van der Waals surface area contributed by atoms with Crippen molar-refractivity contribution in [1.29, 1.82) is 0 Å². The minimum absolute atomic E-state index is 0.0439. The van der Waals surface area contributed by atoms with Crippen molar-refractivity contribution in [3.8, 4) is 0 Å². The van der Waals surface area contributed by atoms with E-state index < -0.39 is 4.92 Å². The predicted octanol–water partition coefficient (Wildman–Crippen LogP) is 3.77. The standard InChI is InChI=1S/C11H15ClN2O2/c1-7-8(12)5-6-9(10(7)14(15)16)13-11(2,3)4/h5-6,13H,1-4H3. The summed E-state index contributed by atoms with van der Waals surface area (Å²) in [5, 5.41) is 14.5. The van der Waals surface area contributed by atoms with Crippen LogP contribution in [0.1, 0.15) is 26.3 Å². The Labute approximate surface area is 99.8 Å². The van der Waals surface area contributed by atoms with Gasteiger partial charge < -0.3 is 5.32 Å². The number of hydrogen-bond acceptors (Lipinski definition) is 3. The Morgan fingerprint density at radius 2 is 1.94 bits per heavy atom. The molecule has 1 aromatic carbocycles. The van der Waals surface area contributed by atoms with Gasteiger partial charge in [0.25, 0.3) is 5.69 Å². The van der Waals surface area contributed by atoms with Gasteiger partial charge in [-0.1, -0.05) is 11.6 Å². The van der Waals surface area contributed by atoms with E-state index in [9.17, 15) is 10.1 Å². The maximum Gasteiger partial charge on any atom is 0.296 e. The minimum Gasteiger partial charge on any atom is -0.375 e. The van der Waals surface area contributed by atoms with Gasteiger partial charge in [-0.25, -0.2) is 0 Å². The van der Waals surface area contributed by atoms with Gasteiger partial charge in [-0.3, -0.25) is 10.1 Å². The molecule has 0 heterocycles. The van der Waals surface area contributed by atoms with Crippen molar-refractivity contribution in [2.75, 3.05) is 5.32 Å². The Balaban J connectivity index is 3.29. The lowest BCUT2D eigenvalue weighted by Crippen LogP contribution is -2.26. The quantitative estimate of drug-likeness (QED) is 0.635. The first kappa shape index (κ1) is 12.8. The third kappa shape index (κ3) is 2.85. The van der Waals surface area contributed by atoms with Crippen LogP contribution in [0.5, 0.6) is 0 Å². The van der Waals surface area contributed by atoms with Crippen LogP contribution in [0.25, 0.3) is 0 Å². The van der Waals surface area contributed by atoms with Gasteiger partial charge in [-0.2, -0.15) is 0 Å². The van der Waals surface area contributed by atoms with Crippen LogP contribution in [-0.4, -0.2) is 10.5 Å². The van der Waals surface area contributed by atoms with Crippen molar-refractivity contribution in [2.45, 2.75) is 33.2 Å². The molecular weight excluding hydrogens is 228 g/mol. The van der Waals surface area contributed by atoms with E-state index in [1.807, 2.05) is 20.8 Å². The van der Waals surface area contributed by atoms with Crippen molar-refractivity contribution < 1.29 is 4.92 Å². The zero-order chi connectivity index (χ0) is 12.5. The Bertz CT molecular complexity index is 425. The zero-order valence-electron chi connectivity index (χ0n) is 9.80. The third-order valence-electron chi connectivity index (χ3n) is 2.06. The first-order valence-electron chi connectivity index (χ1n) is 4.94. The van der Waals surface area contributed by atoms with Gasteiger partial charge >= 0.3 is 0 Å². The summed E-state index contributed by atoms with van der Waals surface area (Å²) in [5.41, 5.74) is 0.799. The number of hydrogen-bond donors (Lipinski definition) is 1. The average Bonchev–Trinajstić information content (AvgIpc) is 2.08. The molecule has 1 N–H and O–H groups in total. The Morgan fingerprint density at radius 3 is 2.38 bits per heavy atom. The van der Waals surface area contributed by atoms with Gasteiger partial charge in [0.05, 0.1) is 9.95 Å². The molecule has 1 rings (SSSR count). The van der Waals surface area contributed by atoms with E-state index in [0.29, 0.717) is 16.3 Å². The molecule has 0 unspecified atom stereocenters. The highest BCUT2D eigenvalue weighted by Crippen LogP contribution is 2.34. The lowest BCUT2D eigenvalue weighted by Gasteiger charge is -2.22. The summed E-state index contributed by atoms with van der Waals surface area (Å²) in [6.45, 7) is 7.48. The van der Waals surface area contributed by atoms with Gasteiger partial charge in [0, 0.05) is 11.1 Å². The second kappa shape index (κ2) is 4.29. The molecule has 0 aliphatic rings. The molecule has 0 atom stereocenters. The fraction of sp³-hybridized carbons (Fsp3) is 0.455. The predicted molar refractivity (Wildman–Crippen MR) is 66.2 cm³/mol. The monoisotopic (exact) mass is 242 g/mol. The summed E-state index contributed by atoms with van der Waals surface area (Å²) in [6, 6.07) is 3.30. The van der Waals surface area contributed by atoms with E-state index in [-0.39, 0.29) is 11.2 Å². The van der Waals surface area contributed by atoms with Gasteiger partial charge in [0.15, 0.2) is 0 Å². The van der Waals surface area contributed by atoms with Crippen LogP contribution < -0.4 is 5.32 Å². The maximum absolute atomic E-state index is 11.0. The molecular formula is C11H15ClN2O2. The Hall–Kier alpha value is -1.29. The summed E-state index contributed by atoms with van der Waals surface area (Å²) < 4.78 is 0. The largest absolute Gasteiger partial charge is 0.375 e. The molecule has 0 bridgehead atoms. The summed E-state index contributed by atoms with van der Waals surface area (Å²) in [4.78, 5) is 10.6. The van der Waals surface area contributed by atoms with Crippen molar-refractivity contribution >= 4 is 23.0 Å². The summed E-state index contributed by atoms with van der Waals surface area (Å²) in [7, 11) is 0. The Kier molecular flexibility index (Phi) is 3.43. The normalized spacial score (nSPS) is 11.3. The van der Waals surface area contributed by atoms with Crippen LogP contribution in [0.15, 0.2) is 12.1 Å². The molecule has 0 saturated heterocycles. The third-order valence-corrected chi connectivity index (χ3v) is 2.47. The first-order chi connectivity index (χ1) is 7.22. The number of nitro groups is 1. The van der Waals surface area contributed by atoms with Crippen LogP contribution in [0, 0.1) is 17.0 Å². The lowest BCUT2D eigenvalue weighted by atomic mass is 10.1. The van der Waals surface area contributed by atoms with Crippen LogP contribution in [-0.2, 0) is 0 Å². The second-order valence-electron chi connectivity index (χ2n) is 4.70. The molecule has 0 amide bonds. The molecule has 0 aliphatic heterocycles. The second-order valence-corrected chi connectivity index (χ2v) is 5.11. The van der Waals surface area contributed by atoms with Crippen molar-refractivity contribution in [3.63, 3.8) is 0 Å². The number of anilines is 1. The highest BCUT2D eigenvalue weighted by Gasteiger charge is 2.22. The Morgan fingerprint density at radius 1 is 1.38 bits per heavy atom. The van der Waals surface area contributed by atoms with Crippen LogP contribution in [0.3, 0.4) is 0 Å². The molecule has 0 spiro atoms. The van der Waals surface area contributed by atoms with Crippen molar-refractivity contribution in [3.05, 3.63) is 32.8 Å². The molecule has 16 heavy (non-hydrogen) atoms. The number of rotatable bonds is 2. The van der Waals surface area contributed by atoms with E-state index in [4.69, 9.17) is 11.6 Å². The van der Waals surface area contributed by atoms with Crippen molar-refractivity contribution in [2.24, 2.45) is 0 Å². The van der Waals surface area contributed by atoms with E-state index in [1.165, 1.54) is 0 Å². The number of nitrogens with one attached hydrogen (secondary N) is 1. The van der Waals surface area contributed by atoms with Gasteiger partial charge in [0.1, 0.15) is 5.69 Å². The highest BCUT2D eigenvalue weighted by molar-refractivity contribution is 6.31. The average molecular weight is 243 g/mol. The van der Waals surface area contributed by atoms with Crippen molar-refractivity contribution in [1.82, 2.24) is 0 Å². The van der Waals surface area contributed by atoms with E-state index in [1.54, 1.807) is 19.1 Å². The van der Waals surface area contributed by atoms with E-state index >= 15 is 0 Å². The topological polar surface area (TPSA) is 55.2 Å². The number of nitro benzene ring substituents is 1. The SMILES string of the molecule is Cc1c(Cl)ccc(NC(C)(C)C)c1[N+](=O)[O-]. The molecule has 0 aromatic heterocycles. The fourth-order valence-corrected chi connectivity index (χ4v) is 1.57. The molecule has 4 nitrogen and oxygen atoms in total. The summed E-state index contributed by atoms with van der Waals surface area (Å²) >= 11 is 5.87. The molecule has 0 aliphatic carbocycles. The molecule has 88 valence electrons. The van der Waals surface area contributed by atoms with E-state index in [0.717, 1.165) is 0 Å². The van der Waals surface area contributed by atoms with Gasteiger partial charge in [-0.15, -0.1) is 0 Å². The maximum atomic E-state index is 11.0. The molecule has 5 heteroatoms. The number of nitrogens with zero attached hydrogens (tertiary/aromatic N) is 1. The van der Waals surface area contributed by atoms with E-state index in [2.05, 4.69) is 5.32 Å². The van der Waals surface area contributed by atoms with Crippen LogP contribution >= 0.6 is 11.6 Å². The summed E-state index contributed by atoms with van der Waals surface area (Å²) in [6.07, 6.45) is 0. The van der Waals surface area contributed by atoms with Gasteiger partial charge in [0.2, 0.25) is 0 Å². The first-order valence-corrected chi connectivity index (χ1v) is 5.32. The fourth-order valence-electron chi connectivity index (χ4n) is 1.42. The molecule has 0 saturated carbocycles. The van der Waals surface area contributed by atoms with Gasteiger partial charge in [-0.05, 0) is 39.8 Å². The minimum atomic E-state index is -0.407.